The summed E-state index contributed by atoms with van der Waals surface area (Å²) in [5.41, 5.74) is 8.20. The average Bonchev–Trinajstić information content (AvgIpc) is 3.03. The fraction of sp³-hybridized carbons (Fsp3) is 0.400. The van der Waals surface area contributed by atoms with Crippen LogP contribution in [-0.4, -0.2) is 10.8 Å². The van der Waals surface area contributed by atoms with E-state index in [0.29, 0.717) is 6.42 Å². The molecule has 0 aliphatic heterocycles. The number of hydrogen-bond donors (Lipinski definition) is 1. The maximum Gasteiger partial charge on any atom is 0.0628 e. The Labute approximate surface area is 117 Å². The minimum atomic E-state index is 0.213. The molecule has 3 rings (SSSR count). The van der Waals surface area contributed by atoms with Crippen LogP contribution in [0.1, 0.15) is 19.3 Å². The molecule has 1 aliphatic rings. The van der Waals surface area contributed by atoms with E-state index in [-0.39, 0.29) is 5.41 Å². The lowest BCUT2D eigenvalue weighted by Gasteiger charge is -2.14. The third-order valence-electron chi connectivity index (χ3n) is 4.01. The quantitative estimate of drug-likeness (QED) is 0.682. The zero-order valence-electron chi connectivity index (χ0n) is 11.0. The molecule has 1 aliphatic carbocycles. The van der Waals surface area contributed by atoms with E-state index in [1.807, 2.05) is 12.1 Å². The Morgan fingerprint density at radius 3 is 2.89 bits per heavy atom. The number of nitrogen functional groups attached to an aromatic ring is 1. The van der Waals surface area contributed by atoms with E-state index in [1.54, 1.807) is 11.8 Å². The fourth-order valence-electron chi connectivity index (χ4n) is 2.69. The van der Waals surface area contributed by atoms with Crippen molar-refractivity contribution in [2.45, 2.75) is 30.7 Å². The Morgan fingerprint density at radius 1 is 1.47 bits per heavy atom. The van der Waals surface area contributed by atoms with E-state index in [9.17, 15) is 0 Å². The first kappa shape index (κ1) is 12.4. The van der Waals surface area contributed by atoms with Gasteiger partial charge in [-0.2, -0.15) is 5.26 Å². The Hall–Kier alpha value is -1.60. The maximum absolute atomic E-state index is 8.93. The standard InChI is InChI=1S/C15H17N3S/c1-19-14-9-11(17)8-13-12(14)2-7-18(13)10-15(3-4-15)5-6-16/h2,7-9H,3-5,10,17H2,1H3. The van der Waals surface area contributed by atoms with Crippen LogP contribution in [0.4, 0.5) is 5.69 Å². The second kappa shape index (κ2) is 4.50. The smallest absolute Gasteiger partial charge is 0.0628 e. The third kappa shape index (κ3) is 2.19. The molecule has 0 bridgehead atoms. The summed E-state index contributed by atoms with van der Waals surface area (Å²) in [5, 5.41) is 10.2. The lowest BCUT2D eigenvalue weighted by Crippen LogP contribution is -2.10. The van der Waals surface area contributed by atoms with Crippen LogP contribution in [0.25, 0.3) is 10.9 Å². The molecule has 3 nitrogen and oxygen atoms in total. The van der Waals surface area contributed by atoms with Crippen LogP contribution in [0.3, 0.4) is 0 Å². The summed E-state index contributed by atoms with van der Waals surface area (Å²) < 4.78 is 2.26. The maximum atomic E-state index is 8.93. The highest BCUT2D eigenvalue weighted by atomic mass is 32.2. The molecule has 1 aromatic heterocycles. The number of rotatable bonds is 4. The summed E-state index contributed by atoms with van der Waals surface area (Å²) >= 11 is 1.72. The first-order chi connectivity index (χ1) is 9.17. The SMILES string of the molecule is CSc1cc(N)cc2c1ccn2CC1(CC#N)CC1. The minimum Gasteiger partial charge on any atom is -0.399 e. The molecule has 0 spiro atoms. The van der Waals surface area contributed by atoms with Gasteiger partial charge in [0.1, 0.15) is 0 Å². The zero-order chi connectivity index (χ0) is 13.5. The number of aromatic nitrogens is 1. The van der Waals surface area contributed by atoms with Gasteiger partial charge >= 0.3 is 0 Å². The van der Waals surface area contributed by atoms with E-state index in [2.05, 4.69) is 29.2 Å². The van der Waals surface area contributed by atoms with Crippen molar-refractivity contribution in [3.63, 3.8) is 0 Å². The van der Waals surface area contributed by atoms with Gasteiger partial charge in [0.25, 0.3) is 0 Å². The van der Waals surface area contributed by atoms with Crippen LogP contribution < -0.4 is 5.73 Å². The Morgan fingerprint density at radius 2 is 2.26 bits per heavy atom. The van der Waals surface area contributed by atoms with Crippen LogP contribution in [0.15, 0.2) is 29.3 Å². The molecule has 1 heterocycles. The van der Waals surface area contributed by atoms with Crippen molar-refractivity contribution in [2.75, 3.05) is 12.0 Å². The van der Waals surface area contributed by atoms with Crippen molar-refractivity contribution in [1.29, 1.82) is 5.26 Å². The van der Waals surface area contributed by atoms with Gasteiger partial charge in [-0.1, -0.05) is 0 Å². The number of anilines is 1. The third-order valence-corrected chi connectivity index (χ3v) is 4.79. The van der Waals surface area contributed by atoms with Crippen molar-refractivity contribution in [3.8, 4) is 6.07 Å². The van der Waals surface area contributed by atoms with Gasteiger partial charge in [-0.3, -0.25) is 0 Å². The monoisotopic (exact) mass is 271 g/mol. The Bertz CT molecular complexity index is 662. The molecule has 0 unspecified atom stereocenters. The van der Waals surface area contributed by atoms with Crippen LogP contribution in [-0.2, 0) is 6.54 Å². The summed E-state index contributed by atoms with van der Waals surface area (Å²) in [6, 6.07) is 8.55. The second-order valence-electron chi connectivity index (χ2n) is 5.43. The number of nitrogens with two attached hydrogens (primary N) is 1. The summed E-state index contributed by atoms with van der Waals surface area (Å²) in [6.07, 6.45) is 7.19. The highest BCUT2D eigenvalue weighted by Crippen LogP contribution is 2.50. The summed E-state index contributed by atoms with van der Waals surface area (Å²) in [5.74, 6) is 0. The van der Waals surface area contributed by atoms with Crippen molar-refractivity contribution < 1.29 is 0 Å². The summed E-state index contributed by atoms with van der Waals surface area (Å²) in [7, 11) is 0. The number of fused-ring (bicyclic) bond motifs is 1. The van der Waals surface area contributed by atoms with E-state index in [1.165, 1.54) is 15.8 Å². The molecule has 0 radical (unpaired) electrons. The number of nitrogens with zero attached hydrogens (tertiary/aromatic N) is 2. The molecule has 19 heavy (non-hydrogen) atoms. The molecule has 1 fully saturated rings. The molecular formula is C15H17N3S. The van der Waals surface area contributed by atoms with Gasteiger partial charge in [0.05, 0.1) is 11.6 Å². The van der Waals surface area contributed by atoms with Crippen LogP contribution in [0.2, 0.25) is 0 Å². The minimum absolute atomic E-state index is 0.213. The number of nitriles is 1. The second-order valence-corrected chi connectivity index (χ2v) is 6.28. The number of benzene rings is 1. The van der Waals surface area contributed by atoms with Crippen LogP contribution >= 0.6 is 11.8 Å². The summed E-state index contributed by atoms with van der Waals surface area (Å²) in [4.78, 5) is 1.22. The van der Waals surface area contributed by atoms with E-state index >= 15 is 0 Å². The molecule has 2 aromatic rings. The molecule has 1 saturated carbocycles. The van der Waals surface area contributed by atoms with Crippen LogP contribution in [0, 0.1) is 16.7 Å². The van der Waals surface area contributed by atoms with Crippen molar-refractivity contribution >= 4 is 28.4 Å². The first-order valence-electron chi connectivity index (χ1n) is 6.47. The Kier molecular flexibility index (Phi) is 2.94. The lowest BCUT2D eigenvalue weighted by atomic mass is 10.0. The molecule has 0 atom stereocenters. The normalized spacial score (nSPS) is 16.4. The molecule has 4 heteroatoms. The van der Waals surface area contributed by atoms with Crippen molar-refractivity contribution in [2.24, 2.45) is 5.41 Å². The van der Waals surface area contributed by atoms with E-state index < -0.39 is 0 Å². The predicted octanol–water partition coefficient (Wildman–Crippen LogP) is 3.64. The number of hydrogen-bond acceptors (Lipinski definition) is 3. The molecule has 0 amide bonds. The first-order valence-corrected chi connectivity index (χ1v) is 7.69. The van der Waals surface area contributed by atoms with Gasteiger partial charge in [-0.15, -0.1) is 11.8 Å². The predicted molar refractivity (Wildman–Crippen MR) is 80.0 cm³/mol. The molecular weight excluding hydrogens is 254 g/mol. The van der Waals surface area contributed by atoms with Gasteiger partial charge in [0.15, 0.2) is 0 Å². The van der Waals surface area contributed by atoms with Crippen LogP contribution in [0.5, 0.6) is 0 Å². The molecule has 0 saturated heterocycles. The molecule has 98 valence electrons. The largest absolute Gasteiger partial charge is 0.399 e. The summed E-state index contributed by atoms with van der Waals surface area (Å²) in [6.45, 7) is 0.932. The highest BCUT2D eigenvalue weighted by Gasteiger charge is 2.42. The van der Waals surface area contributed by atoms with Gasteiger partial charge < -0.3 is 10.3 Å². The van der Waals surface area contributed by atoms with E-state index in [0.717, 1.165) is 25.1 Å². The lowest BCUT2D eigenvalue weighted by molar-refractivity contribution is 0.440. The molecule has 1 aromatic carbocycles. The molecule has 2 N–H and O–H groups in total. The van der Waals surface area contributed by atoms with Crippen molar-refractivity contribution in [1.82, 2.24) is 4.57 Å². The van der Waals surface area contributed by atoms with Crippen molar-refractivity contribution in [3.05, 3.63) is 24.4 Å². The topological polar surface area (TPSA) is 54.7 Å². The fourth-order valence-corrected chi connectivity index (χ4v) is 3.33. The Balaban J connectivity index is 2.01. The van der Waals surface area contributed by atoms with Gasteiger partial charge in [0, 0.05) is 40.5 Å². The van der Waals surface area contributed by atoms with E-state index in [4.69, 9.17) is 11.0 Å². The zero-order valence-corrected chi connectivity index (χ0v) is 11.8. The highest BCUT2D eigenvalue weighted by molar-refractivity contribution is 7.98. The number of thioether (sulfide) groups is 1. The average molecular weight is 271 g/mol. The van der Waals surface area contributed by atoms with Gasteiger partial charge in [-0.25, -0.2) is 0 Å². The van der Waals surface area contributed by atoms with Gasteiger partial charge in [0.2, 0.25) is 0 Å². The van der Waals surface area contributed by atoms with Gasteiger partial charge in [-0.05, 0) is 37.3 Å².